The number of ketones is 1. The lowest BCUT2D eigenvalue weighted by atomic mass is 9.54. The van der Waals surface area contributed by atoms with Gasteiger partial charge in [0.15, 0.2) is 5.76 Å². The smallest absolute Gasteiger partial charge is 0.340 e. The van der Waals surface area contributed by atoms with E-state index >= 15 is 0 Å². The lowest BCUT2D eigenvalue weighted by Crippen LogP contribution is -2.54. The molecule has 8 nitrogen and oxygen atoms in total. The van der Waals surface area contributed by atoms with Crippen LogP contribution in [-0.4, -0.2) is 67.2 Å². The molecule has 1 saturated carbocycles. The first-order valence-electron chi connectivity index (χ1n) is 12.0. The molecule has 0 aromatic heterocycles. The van der Waals surface area contributed by atoms with Gasteiger partial charge < -0.3 is 24.2 Å². The first-order chi connectivity index (χ1) is 16.3. The average Bonchev–Trinajstić information content (AvgIpc) is 3.43. The highest BCUT2D eigenvalue weighted by Gasteiger charge is 2.62. The Balaban J connectivity index is 1.66. The number of aliphatic hydroxyl groups excluding tert-OH is 1. The quantitative estimate of drug-likeness (QED) is 0.373. The van der Waals surface area contributed by atoms with Crippen molar-refractivity contribution in [3.05, 3.63) is 40.7 Å². The predicted octanol–water partition coefficient (Wildman–Crippen LogP) is 2.68. The molecule has 8 heteroatoms. The Morgan fingerprint density at radius 3 is 2.65 bits per heavy atom. The summed E-state index contributed by atoms with van der Waals surface area (Å²) in [6, 6.07) is 0. The van der Waals surface area contributed by atoms with Gasteiger partial charge in [-0.2, -0.15) is 0 Å². The van der Waals surface area contributed by atoms with Crippen LogP contribution >= 0.6 is 0 Å². The third-order valence-corrected chi connectivity index (χ3v) is 8.62. The number of ether oxygens (including phenoxy) is 3. The monoisotopic (exact) mass is 469 g/mol. The molecule has 1 unspecified atom stereocenters. The summed E-state index contributed by atoms with van der Waals surface area (Å²) in [5, 5.41) is 11.4. The molecule has 182 valence electrons. The minimum absolute atomic E-state index is 0.113. The van der Waals surface area contributed by atoms with E-state index in [0.717, 1.165) is 25.9 Å². The zero-order valence-electron chi connectivity index (χ0n) is 19.9. The Kier molecular flexibility index (Phi) is 5.62. The Labute approximate surface area is 199 Å². The standard InChI is InChI=1S/C26H31NO7/c1-25-9-8-17-20(16(25)6-7-18(25)33-14-28)22(29)23(30)21-15(12-27-10-4-5-11-27)24(31)34-19(13-32-3)26(17,21)2/h12,14,16,18-19,30H,4-7,9-11,13H2,1-3H3/b15-12+/t16?,18-,19+,25-,26-/m0/s1. The fraction of sp³-hybridized carbons (Fsp3) is 0.615. The van der Waals surface area contributed by atoms with Gasteiger partial charge in [-0.25, -0.2) is 4.79 Å². The summed E-state index contributed by atoms with van der Waals surface area (Å²) in [4.78, 5) is 40.0. The minimum atomic E-state index is -0.992. The number of allylic oxidation sites excluding steroid dienone is 1. The van der Waals surface area contributed by atoms with Crippen LogP contribution in [0.1, 0.15) is 46.0 Å². The van der Waals surface area contributed by atoms with Crippen molar-refractivity contribution in [2.75, 3.05) is 26.8 Å². The third-order valence-electron chi connectivity index (χ3n) is 8.62. The molecule has 5 aliphatic rings. The molecule has 2 radical (unpaired) electrons. The van der Waals surface area contributed by atoms with E-state index in [1.54, 1.807) is 6.20 Å². The number of likely N-dealkylation sites (tertiary alicyclic amines) is 1. The molecule has 5 atom stereocenters. The number of cyclic esters (lactones) is 1. The van der Waals surface area contributed by atoms with E-state index in [1.807, 2.05) is 18.7 Å². The number of nitrogens with zero attached hydrogens (tertiary/aromatic N) is 1. The third kappa shape index (κ3) is 3.10. The number of esters is 1. The number of hydrogen-bond donors (Lipinski definition) is 1. The van der Waals surface area contributed by atoms with E-state index in [-0.39, 0.29) is 24.2 Å². The summed E-state index contributed by atoms with van der Waals surface area (Å²) in [5.74, 6) is -1.65. The number of carbonyl (C=O) groups excluding carboxylic acids is 3. The Hall–Kier alpha value is -2.61. The lowest BCUT2D eigenvalue weighted by Gasteiger charge is -2.52. The zero-order chi connectivity index (χ0) is 24.3. The molecular weight excluding hydrogens is 438 g/mol. The highest BCUT2D eigenvalue weighted by Crippen LogP contribution is 2.62. The summed E-state index contributed by atoms with van der Waals surface area (Å²) < 4.78 is 16.7. The molecular formula is C26H31NO7. The topological polar surface area (TPSA) is 102 Å². The van der Waals surface area contributed by atoms with Crippen molar-refractivity contribution in [1.82, 2.24) is 4.90 Å². The summed E-state index contributed by atoms with van der Waals surface area (Å²) >= 11 is 0. The maximum atomic E-state index is 13.7. The van der Waals surface area contributed by atoms with Crippen LogP contribution in [0.2, 0.25) is 0 Å². The van der Waals surface area contributed by atoms with E-state index in [2.05, 4.69) is 6.42 Å². The summed E-state index contributed by atoms with van der Waals surface area (Å²) in [6.45, 7) is 6.10. The van der Waals surface area contributed by atoms with Gasteiger partial charge in [-0.05, 0) is 50.5 Å². The van der Waals surface area contributed by atoms with Gasteiger partial charge in [0.25, 0.3) is 6.47 Å². The lowest BCUT2D eigenvalue weighted by molar-refractivity contribution is -0.156. The molecule has 34 heavy (non-hydrogen) atoms. The first kappa shape index (κ1) is 23.1. The van der Waals surface area contributed by atoms with Crippen molar-refractivity contribution < 1.29 is 33.7 Å². The molecule has 0 bridgehead atoms. The van der Waals surface area contributed by atoms with Crippen LogP contribution in [0.4, 0.5) is 0 Å². The first-order valence-corrected chi connectivity index (χ1v) is 12.0. The van der Waals surface area contributed by atoms with Gasteiger partial charge in [-0.15, -0.1) is 0 Å². The van der Waals surface area contributed by atoms with Crippen LogP contribution in [-0.2, 0) is 28.6 Å². The maximum absolute atomic E-state index is 13.7. The van der Waals surface area contributed by atoms with E-state index in [4.69, 9.17) is 14.2 Å². The number of carbonyl (C=O) groups is 3. The van der Waals surface area contributed by atoms with Crippen LogP contribution in [0.5, 0.6) is 0 Å². The van der Waals surface area contributed by atoms with E-state index in [9.17, 15) is 19.5 Å². The molecule has 0 spiro atoms. The second-order valence-corrected chi connectivity index (χ2v) is 10.4. The van der Waals surface area contributed by atoms with E-state index in [1.165, 1.54) is 7.11 Å². The molecule has 2 heterocycles. The van der Waals surface area contributed by atoms with Crippen LogP contribution in [0.15, 0.2) is 34.3 Å². The molecule has 3 aliphatic carbocycles. The number of aliphatic hydroxyl groups is 1. The molecule has 3 fully saturated rings. The largest absolute Gasteiger partial charge is 0.504 e. The van der Waals surface area contributed by atoms with Gasteiger partial charge in [0.05, 0.1) is 17.6 Å². The fourth-order valence-electron chi connectivity index (χ4n) is 6.76. The average molecular weight is 470 g/mol. The molecule has 0 amide bonds. The van der Waals surface area contributed by atoms with Crippen molar-refractivity contribution >= 4 is 18.2 Å². The molecule has 2 saturated heterocycles. The van der Waals surface area contributed by atoms with Crippen molar-refractivity contribution in [2.45, 2.75) is 58.2 Å². The van der Waals surface area contributed by atoms with Gasteiger partial charge >= 0.3 is 5.97 Å². The van der Waals surface area contributed by atoms with Gasteiger partial charge in [0.1, 0.15) is 12.2 Å². The van der Waals surface area contributed by atoms with Gasteiger partial charge in [0.2, 0.25) is 5.78 Å². The van der Waals surface area contributed by atoms with Gasteiger partial charge in [0, 0.05) is 49.4 Å². The fourth-order valence-corrected chi connectivity index (χ4v) is 6.76. The molecule has 0 aromatic carbocycles. The number of rotatable bonds is 5. The number of fused-ring (bicyclic) bond motifs is 4. The number of hydrogen-bond acceptors (Lipinski definition) is 8. The molecule has 1 N–H and O–H groups in total. The van der Waals surface area contributed by atoms with Crippen molar-refractivity contribution in [3.8, 4) is 0 Å². The highest BCUT2D eigenvalue weighted by atomic mass is 16.6. The summed E-state index contributed by atoms with van der Waals surface area (Å²) in [6.07, 6.45) is 7.97. The second kappa shape index (κ2) is 8.26. The molecule has 5 rings (SSSR count). The summed E-state index contributed by atoms with van der Waals surface area (Å²) in [5.41, 5.74) is 0.206. The minimum Gasteiger partial charge on any atom is -0.504 e. The zero-order valence-corrected chi connectivity index (χ0v) is 19.9. The molecule has 2 aliphatic heterocycles. The maximum Gasteiger partial charge on any atom is 0.340 e. The van der Waals surface area contributed by atoms with Crippen LogP contribution < -0.4 is 0 Å². The van der Waals surface area contributed by atoms with Crippen molar-refractivity contribution in [1.29, 1.82) is 0 Å². The molecule has 0 aromatic rings. The van der Waals surface area contributed by atoms with Crippen LogP contribution in [0.3, 0.4) is 0 Å². The Bertz CT molecular complexity index is 1020. The predicted molar refractivity (Wildman–Crippen MR) is 120 cm³/mol. The van der Waals surface area contributed by atoms with Gasteiger partial charge in [-0.1, -0.05) is 6.92 Å². The number of Topliss-reactive ketones (excluding diaryl/α,β-unsaturated/α-hetero) is 1. The van der Waals surface area contributed by atoms with Crippen molar-refractivity contribution in [3.63, 3.8) is 0 Å². The Morgan fingerprint density at radius 2 is 1.97 bits per heavy atom. The van der Waals surface area contributed by atoms with Crippen molar-refractivity contribution in [2.24, 2.45) is 16.7 Å². The van der Waals surface area contributed by atoms with E-state index < -0.39 is 34.4 Å². The highest BCUT2D eigenvalue weighted by molar-refractivity contribution is 6.13. The van der Waals surface area contributed by atoms with E-state index in [0.29, 0.717) is 42.5 Å². The summed E-state index contributed by atoms with van der Waals surface area (Å²) in [7, 11) is 1.53. The second-order valence-electron chi connectivity index (χ2n) is 10.4. The normalized spacial score (nSPS) is 38.6. The van der Waals surface area contributed by atoms with Gasteiger partial charge in [-0.3, -0.25) is 9.59 Å². The SMILES string of the molecule is COC[C@H]1OC(=O)/C(=C/N2CCCC2)C2=C(O)C(=O)C3=C([C]C[C@@]4(C)C3CC[C@@H]4OC=O)[C@]21C. The number of methoxy groups -OCH3 is 1. The van der Waals surface area contributed by atoms with Crippen LogP contribution in [0.25, 0.3) is 0 Å². The Morgan fingerprint density at radius 1 is 1.24 bits per heavy atom. The van der Waals surface area contributed by atoms with Crippen LogP contribution in [0, 0.1) is 23.2 Å².